The van der Waals surface area contributed by atoms with Crippen LogP contribution in [0.1, 0.15) is 26.7 Å². The predicted molar refractivity (Wildman–Crippen MR) is 79.1 cm³/mol. The lowest BCUT2D eigenvalue weighted by atomic mass is 10.0. The van der Waals surface area contributed by atoms with Gasteiger partial charge in [0, 0.05) is 29.8 Å². The Kier molecular flexibility index (Phi) is 5.64. The molecule has 1 heterocycles. The maximum absolute atomic E-state index is 12.1. The zero-order chi connectivity index (χ0) is 14.5. The second kappa shape index (κ2) is 6.58. The van der Waals surface area contributed by atoms with Crippen molar-refractivity contribution in [1.82, 2.24) is 9.71 Å². The summed E-state index contributed by atoms with van der Waals surface area (Å²) in [6.45, 7) is 4.38. The van der Waals surface area contributed by atoms with Crippen molar-refractivity contribution < 1.29 is 8.42 Å². The lowest BCUT2D eigenvalue weighted by molar-refractivity contribution is 0.521. The highest BCUT2D eigenvalue weighted by Crippen LogP contribution is 2.29. The first-order valence-electron chi connectivity index (χ1n) is 6.12. The summed E-state index contributed by atoms with van der Waals surface area (Å²) in [5, 5.41) is 0. The monoisotopic (exact) mass is 304 g/mol. The van der Waals surface area contributed by atoms with E-state index in [-0.39, 0.29) is 9.64 Å². The first-order valence-corrected chi connectivity index (χ1v) is 8.83. The second-order valence-electron chi connectivity index (χ2n) is 4.29. The second-order valence-corrected chi connectivity index (χ2v) is 7.30. The van der Waals surface area contributed by atoms with Crippen molar-refractivity contribution in [3.8, 4) is 0 Å². The number of H-pyrrole nitrogens is 1. The SMILES string of the molecule is CCC(CC)(CNS(=O)(=O)c1c[nH]ccc1=O)SC. The molecule has 7 heteroatoms. The molecule has 0 radical (unpaired) electrons. The van der Waals surface area contributed by atoms with Crippen molar-refractivity contribution in [2.24, 2.45) is 0 Å². The first-order chi connectivity index (χ1) is 8.90. The molecule has 0 aliphatic heterocycles. The molecule has 1 aromatic heterocycles. The largest absolute Gasteiger partial charge is 0.366 e. The van der Waals surface area contributed by atoms with E-state index in [1.165, 1.54) is 18.5 Å². The normalized spacial score (nSPS) is 12.6. The van der Waals surface area contributed by atoms with Crippen LogP contribution in [0.25, 0.3) is 0 Å². The van der Waals surface area contributed by atoms with Crippen molar-refractivity contribution in [1.29, 1.82) is 0 Å². The van der Waals surface area contributed by atoms with E-state index in [1.54, 1.807) is 11.8 Å². The molecule has 0 atom stereocenters. The van der Waals surface area contributed by atoms with Crippen LogP contribution in [-0.2, 0) is 10.0 Å². The van der Waals surface area contributed by atoms with E-state index in [4.69, 9.17) is 0 Å². The first kappa shape index (κ1) is 16.3. The fraction of sp³-hybridized carbons (Fsp3) is 0.583. The van der Waals surface area contributed by atoms with Gasteiger partial charge >= 0.3 is 0 Å². The quantitative estimate of drug-likeness (QED) is 0.801. The Bertz CT molecular complexity index is 554. The molecule has 1 aromatic rings. The molecule has 19 heavy (non-hydrogen) atoms. The maximum Gasteiger partial charge on any atom is 0.245 e. The minimum atomic E-state index is -3.76. The molecule has 0 spiro atoms. The van der Waals surface area contributed by atoms with Gasteiger partial charge in [0.2, 0.25) is 15.5 Å². The number of rotatable bonds is 7. The number of nitrogens with one attached hydrogen (secondary N) is 2. The van der Waals surface area contributed by atoms with Crippen molar-refractivity contribution in [3.63, 3.8) is 0 Å². The van der Waals surface area contributed by atoms with E-state index in [1.807, 2.05) is 20.1 Å². The van der Waals surface area contributed by atoms with Crippen LogP contribution in [0.3, 0.4) is 0 Å². The number of thioether (sulfide) groups is 1. The molecule has 0 bridgehead atoms. The van der Waals surface area contributed by atoms with Crippen molar-refractivity contribution in [2.75, 3.05) is 12.8 Å². The minimum absolute atomic E-state index is 0.130. The topological polar surface area (TPSA) is 79.0 Å². The van der Waals surface area contributed by atoms with Gasteiger partial charge in [-0.3, -0.25) is 4.79 Å². The van der Waals surface area contributed by atoms with Gasteiger partial charge in [0.25, 0.3) is 0 Å². The summed E-state index contributed by atoms with van der Waals surface area (Å²) in [5.74, 6) is 0. The van der Waals surface area contributed by atoms with Gasteiger partial charge in [0.15, 0.2) is 0 Å². The van der Waals surface area contributed by atoms with Crippen LogP contribution >= 0.6 is 11.8 Å². The fourth-order valence-corrected chi connectivity index (χ4v) is 3.84. The van der Waals surface area contributed by atoms with E-state index in [0.717, 1.165) is 12.8 Å². The van der Waals surface area contributed by atoms with E-state index in [9.17, 15) is 13.2 Å². The summed E-state index contributed by atoms with van der Waals surface area (Å²) >= 11 is 1.64. The molecule has 1 rings (SSSR count). The van der Waals surface area contributed by atoms with Crippen LogP contribution < -0.4 is 10.2 Å². The van der Waals surface area contributed by atoms with Crippen LogP contribution in [0.15, 0.2) is 28.2 Å². The van der Waals surface area contributed by atoms with E-state index in [0.29, 0.717) is 6.54 Å². The molecule has 0 amide bonds. The number of aromatic nitrogens is 1. The molecule has 0 saturated heterocycles. The Morgan fingerprint density at radius 3 is 2.47 bits per heavy atom. The molecule has 2 N–H and O–H groups in total. The van der Waals surface area contributed by atoms with Gasteiger partial charge in [0.05, 0.1) is 0 Å². The summed E-state index contributed by atoms with van der Waals surface area (Å²) in [7, 11) is -3.76. The fourth-order valence-electron chi connectivity index (χ4n) is 1.78. The van der Waals surface area contributed by atoms with Crippen LogP contribution in [0.5, 0.6) is 0 Å². The standard InChI is InChI=1S/C12H20N2O3S2/c1-4-12(5-2,18-3)9-14-19(16,17)11-8-13-7-6-10(11)15/h6-8,14H,4-5,9H2,1-3H3,(H,13,15). The molecule has 108 valence electrons. The third-order valence-electron chi connectivity index (χ3n) is 3.38. The molecule has 0 aromatic carbocycles. The van der Waals surface area contributed by atoms with Gasteiger partial charge in [-0.1, -0.05) is 13.8 Å². The molecule has 0 unspecified atom stereocenters. The Morgan fingerprint density at radius 1 is 1.37 bits per heavy atom. The third kappa shape index (κ3) is 3.84. The molecule has 0 aliphatic carbocycles. The summed E-state index contributed by atoms with van der Waals surface area (Å²) in [5.41, 5.74) is -0.506. The molecular weight excluding hydrogens is 284 g/mol. The Labute approximate surface area is 118 Å². The van der Waals surface area contributed by atoms with Gasteiger partial charge in [-0.15, -0.1) is 0 Å². The zero-order valence-electron chi connectivity index (χ0n) is 11.4. The smallest absolute Gasteiger partial charge is 0.245 e. The van der Waals surface area contributed by atoms with Crippen molar-refractivity contribution in [2.45, 2.75) is 36.3 Å². The Morgan fingerprint density at radius 2 is 2.00 bits per heavy atom. The maximum atomic E-state index is 12.1. The molecule has 5 nitrogen and oxygen atoms in total. The van der Waals surface area contributed by atoms with Gasteiger partial charge in [-0.05, 0) is 19.1 Å². The molecule has 0 fully saturated rings. The number of aromatic amines is 1. The average molecular weight is 304 g/mol. The highest BCUT2D eigenvalue weighted by atomic mass is 32.2. The number of hydrogen-bond acceptors (Lipinski definition) is 4. The van der Waals surface area contributed by atoms with Crippen LogP contribution in [0.4, 0.5) is 0 Å². The summed E-state index contributed by atoms with van der Waals surface area (Å²) in [6, 6.07) is 1.20. The van der Waals surface area contributed by atoms with Crippen LogP contribution in [0, 0.1) is 0 Å². The van der Waals surface area contributed by atoms with E-state index >= 15 is 0 Å². The number of pyridine rings is 1. The zero-order valence-corrected chi connectivity index (χ0v) is 13.0. The van der Waals surface area contributed by atoms with Gasteiger partial charge in [-0.2, -0.15) is 11.8 Å². The lowest BCUT2D eigenvalue weighted by Crippen LogP contribution is -2.40. The lowest BCUT2D eigenvalue weighted by Gasteiger charge is -2.29. The number of sulfonamides is 1. The summed E-state index contributed by atoms with van der Waals surface area (Å²) < 4.78 is 26.6. The summed E-state index contributed by atoms with van der Waals surface area (Å²) in [6.07, 6.45) is 6.31. The third-order valence-corrected chi connectivity index (χ3v) is 6.39. The van der Waals surface area contributed by atoms with E-state index < -0.39 is 15.5 Å². The highest BCUT2D eigenvalue weighted by molar-refractivity contribution is 8.00. The molecule has 0 saturated carbocycles. The van der Waals surface area contributed by atoms with Crippen LogP contribution in [-0.4, -0.2) is 30.9 Å². The van der Waals surface area contributed by atoms with Gasteiger partial charge in [0.1, 0.15) is 4.90 Å². The predicted octanol–water partition coefficient (Wildman–Crippen LogP) is 1.58. The van der Waals surface area contributed by atoms with E-state index in [2.05, 4.69) is 9.71 Å². The minimum Gasteiger partial charge on any atom is -0.366 e. The molecule has 0 aliphatic rings. The Hall–Kier alpha value is -0.790. The number of hydrogen-bond donors (Lipinski definition) is 2. The van der Waals surface area contributed by atoms with Gasteiger partial charge in [-0.25, -0.2) is 13.1 Å². The highest BCUT2D eigenvalue weighted by Gasteiger charge is 2.28. The Balaban J connectivity index is 2.94. The average Bonchev–Trinajstić information content (AvgIpc) is 2.41. The molecular formula is C12H20N2O3S2. The van der Waals surface area contributed by atoms with Crippen molar-refractivity contribution in [3.05, 3.63) is 28.7 Å². The van der Waals surface area contributed by atoms with Crippen LogP contribution in [0.2, 0.25) is 0 Å². The van der Waals surface area contributed by atoms with Gasteiger partial charge < -0.3 is 4.98 Å². The summed E-state index contributed by atoms with van der Waals surface area (Å²) in [4.78, 5) is 13.9. The van der Waals surface area contributed by atoms with Crippen molar-refractivity contribution >= 4 is 21.8 Å².